The number of rotatable bonds is 6. The van der Waals surface area contributed by atoms with Crippen molar-refractivity contribution >= 4 is 0 Å². The van der Waals surface area contributed by atoms with E-state index in [-0.39, 0.29) is 0 Å². The standard InChI is InChI=1S/C9H19O/c1-4-5-7-10-8-6-9(2)3/h8-9H,4-7H2,1-3H3. The van der Waals surface area contributed by atoms with Crippen molar-refractivity contribution in [2.24, 2.45) is 5.92 Å². The summed E-state index contributed by atoms with van der Waals surface area (Å²) in [6, 6.07) is 0. The molecule has 0 aromatic heterocycles. The summed E-state index contributed by atoms with van der Waals surface area (Å²) < 4.78 is 5.26. The molecule has 0 amide bonds. The van der Waals surface area contributed by atoms with Crippen molar-refractivity contribution in [3.8, 4) is 0 Å². The largest absolute Gasteiger partial charge is 0.376 e. The summed E-state index contributed by atoms with van der Waals surface area (Å²) in [6.07, 6.45) is 3.47. The molecule has 0 aromatic carbocycles. The minimum Gasteiger partial charge on any atom is -0.376 e. The topological polar surface area (TPSA) is 9.23 Å². The van der Waals surface area contributed by atoms with Crippen LogP contribution in [-0.4, -0.2) is 6.61 Å². The molecule has 0 atom stereocenters. The minimum absolute atomic E-state index is 0.724. The molecule has 1 nitrogen and oxygen atoms in total. The Kier molecular flexibility index (Phi) is 7.04. The van der Waals surface area contributed by atoms with Crippen molar-refractivity contribution in [3.63, 3.8) is 0 Å². The van der Waals surface area contributed by atoms with E-state index in [9.17, 15) is 0 Å². The Hall–Kier alpha value is -0.0400. The highest BCUT2D eigenvalue weighted by Gasteiger charge is 1.93. The molecule has 0 spiro atoms. The van der Waals surface area contributed by atoms with Gasteiger partial charge in [-0.15, -0.1) is 0 Å². The van der Waals surface area contributed by atoms with Gasteiger partial charge in [0, 0.05) is 6.61 Å². The smallest absolute Gasteiger partial charge is 0.0839 e. The van der Waals surface area contributed by atoms with Gasteiger partial charge in [-0.3, -0.25) is 0 Å². The first kappa shape index (κ1) is 9.96. The fourth-order valence-corrected chi connectivity index (χ4v) is 0.571. The van der Waals surface area contributed by atoms with Crippen molar-refractivity contribution in [2.75, 3.05) is 6.61 Å². The molecule has 0 saturated heterocycles. The molecule has 0 saturated carbocycles. The second-order valence-corrected chi connectivity index (χ2v) is 3.02. The zero-order chi connectivity index (χ0) is 7.82. The van der Waals surface area contributed by atoms with Crippen molar-refractivity contribution in [3.05, 3.63) is 6.61 Å². The molecule has 0 N–H and O–H groups in total. The molecule has 1 radical (unpaired) electrons. The van der Waals surface area contributed by atoms with E-state index in [4.69, 9.17) is 4.74 Å². The lowest BCUT2D eigenvalue weighted by atomic mass is 10.1. The quantitative estimate of drug-likeness (QED) is 0.519. The third kappa shape index (κ3) is 7.96. The Balaban J connectivity index is 2.77. The first-order valence-electron chi connectivity index (χ1n) is 4.20. The van der Waals surface area contributed by atoms with Crippen molar-refractivity contribution in [2.45, 2.75) is 40.0 Å². The van der Waals surface area contributed by atoms with E-state index < -0.39 is 0 Å². The fraction of sp³-hybridized carbons (Fsp3) is 0.889. The van der Waals surface area contributed by atoms with Gasteiger partial charge >= 0.3 is 0 Å². The van der Waals surface area contributed by atoms with Gasteiger partial charge < -0.3 is 4.74 Å². The zero-order valence-corrected chi connectivity index (χ0v) is 7.39. The zero-order valence-electron chi connectivity index (χ0n) is 7.39. The molecular formula is C9H19O. The van der Waals surface area contributed by atoms with Crippen LogP contribution in [0.3, 0.4) is 0 Å². The Morgan fingerprint density at radius 2 is 2.10 bits per heavy atom. The number of hydrogen-bond donors (Lipinski definition) is 0. The van der Waals surface area contributed by atoms with Crippen molar-refractivity contribution in [1.82, 2.24) is 0 Å². The van der Waals surface area contributed by atoms with Crippen LogP contribution in [0.25, 0.3) is 0 Å². The molecule has 0 heterocycles. The lowest BCUT2D eigenvalue weighted by molar-refractivity contribution is 0.180. The summed E-state index contributed by atoms with van der Waals surface area (Å²) in [5.74, 6) is 0.724. The van der Waals surface area contributed by atoms with Gasteiger partial charge in [0.2, 0.25) is 0 Å². The SMILES string of the molecule is CCCCO[CH]CC(C)C. The molecule has 0 aromatic rings. The van der Waals surface area contributed by atoms with E-state index in [2.05, 4.69) is 20.8 Å². The minimum atomic E-state index is 0.724. The predicted octanol–water partition coefficient (Wildman–Crippen LogP) is 3.01. The molecule has 0 unspecified atom stereocenters. The van der Waals surface area contributed by atoms with Gasteiger partial charge in [-0.2, -0.15) is 0 Å². The molecule has 0 fully saturated rings. The van der Waals surface area contributed by atoms with Gasteiger partial charge in [0.05, 0.1) is 6.61 Å². The van der Waals surface area contributed by atoms with Gasteiger partial charge in [-0.1, -0.05) is 27.2 Å². The second kappa shape index (κ2) is 7.07. The second-order valence-electron chi connectivity index (χ2n) is 3.02. The highest BCUT2D eigenvalue weighted by molar-refractivity contribution is 4.54. The Morgan fingerprint density at radius 1 is 1.40 bits per heavy atom. The van der Waals surface area contributed by atoms with Gasteiger partial charge in [0.15, 0.2) is 0 Å². The number of ether oxygens (including phenoxy) is 1. The Labute approximate surface area is 64.8 Å². The summed E-state index contributed by atoms with van der Waals surface area (Å²) in [6.45, 7) is 9.38. The maximum Gasteiger partial charge on any atom is 0.0839 e. The lowest BCUT2D eigenvalue weighted by Gasteiger charge is -2.03. The molecule has 0 rings (SSSR count). The van der Waals surface area contributed by atoms with Crippen LogP contribution in [0.1, 0.15) is 40.0 Å². The summed E-state index contributed by atoms with van der Waals surface area (Å²) in [7, 11) is 0. The van der Waals surface area contributed by atoms with Crippen LogP contribution in [0.15, 0.2) is 0 Å². The molecule has 10 heavy (non-hydrogen) atoms. The summed E-state index contributed by atoms with van der Waals surface area (Å²) in [5, 5.41) is 0. The molecule has 61 valence electrons. The normalized spacial score (nSPS) is 10.8. The average molecular weight is 143 g/mol. The van der Waals surface area contributed by atoms with Crippen LogP contribution in [0, 0.1) is 12.5 Å². The summed E-state index contributed by atoms with van der Waals surface area (Å²) in [5.41, 5.74) is 0. The van der Waals surface area contributed by atoms with Gasteiger partial charge in [0.1, 0.15) is 0 Å². The monoisotopic (exact) mass is 143 g/mol. The van der Waals surface area contributed by atoms with E-state index >= 15 is 0 Å². The molecular weight excluding hydrogens is 124 g/mol. The molecule has 0 aliphatic heterocycles. The number of unbranched alkanes of at least 4 members (excludes halogenated alkanes) is 1. The van der Waals surface area contributed by atoms with Crippen LogP contribution < -0.4 is 0 Å². The molecule has 0 bridgehead atoms. The summed E-state index contributed by atoms with van der Waals surface area (Å²) >= 11 is 0. The maximum absolute atomic E-state index is 5.26. The van der Waals surface area contributed by atoms with Crippen LogP contribution in [0.4, 0.5) is 0 Å². The van der Waals surface area contributed by atoms with E-state index in [1.54, 1.807) is 0 Å². The summed E-state index contributed by atoms with van der Waals surface area (Å²) in [4.78, 5) is 0. The van der Waals surface area contributed by atoms with E-state index in [0.717, 1.165) is 18.9 Å². The first-order valence-corrected chi connectivity index (χ1v) is 4.20. The molecule has 1 heteroatoms. The van der Waals surface area contributed by atoms with Crippen LogP contribution in [0.5, 0.6) is 0 Å². The number of hydrogen-bond acceptors (Lipinski definition) is 1. The highest BCUT2D eigenvalue weighted by atomic mass is 16.5. The molecule has 0 aliphatic rings. The van der Waals surface area contributed by atoms with Gasteiger partial charge in [-0.05, 0) is 18.8 Å². The third-order valence-corrected chi connectivity index (χ3v) is 1.30. The fourth-order valence-electron chi connectivity index (χ4n) is 0.571. The molecule has 0 aliphatic carbocycles. The van der Waals surface area contributed by atoms with Crippen molar-refractivity contribution < 1.29 is 4.74 Å². The Morgan fingerprint density at radius 3 is 2.60 bits per heavy atom. The Bertz CT molecular complexity index is 59.7. The highest BCUT2D eigenvalue weighted by Crippen LogP contribution is 2.03. The van der Waals surface area contributed by atoms with Crippen molar-refractivity contribution in [1.29, 1.82) is 0 Å². The van der Waals surface area contributed by atoms with Crippen LogP contribution in [0.2, 0.25) is 0 Å². The van der Waals surface area contributed by atoms with E-state index in [0.29, 0.717) is 0 Å². The van der Waals surface area contributed by atoms with E-state index in [1.165, 1.54) is 12.8 Å². The van der Waals surface area contributed by atoms with Crippen LogP contribution >= 0.6 is 0 Å². The van der Waals surface area contributed by atoms with E-state index in [1.807, 2.05) is 6.61 Å². The lowest BCUT2D eigenvalue weighted by Crippen LogP contribution is -1.94. The van der Waals surface area contributed by atoms with Gasteiger partial charge in [0.25, 0.3) is 0 Å². The predicted molar refractivity (Wildman–Crippen MR) is 44.6 cm³/mol. The maximum atomic E-state index is 5.26. The average Bonchev–Trinajstić information content (AvgIpc) is 1.87. The van der Waals surface area contributed by atoms with Crippen LogP contribution in [-0.2, 0) is 4.74 Å². The first-order chi connectivity index (χ1) is 4.77. The third-order valence-electron chi connectivity index (χ3n) is 1.30. The van der Waals surface area contributed by atoms with Gasteiger partial charge in [-0.25, -0.2) is 0 Å².